The van der Waals surface area contributed by atoms with Gasteiger partial charge in [-0.2, -0.15) is 0 Å². The fraction of sp³-hybridized carbons (Fsp3) is 0.227. The summed E-state index contributed by atoms with van der Waals surface area (Å²) in [5.41, 5.74) is 2.80. The molecule has 3 aromatic rings. The number of thiophene rings is 1. The number of sulfonamides is 1. The number of aryl methyl sites for hydroxylation is 2. The Balaban J connectivity index is 1.83. The molecule has 3 rings (SSSR count). The van der Waals surface area contributed by atoms with Crippen LogP contribution in [0, 0.1) is 13.8 Å². The molecule has 7 heteroatoms. The number of benzene rings is 2. The van der Waals surface area contributed by atoms with Gasteiger partial charge in [-0.3, -0.25) is 9.10 Å². The van der Waals surface area contributed by atoms with Gasteiger partial charge in [0.15, 0.2) is 0 Å². The Hall–Kier alpha value is -2.64. The van der Waals surface area contributed by atoms with E-state index in [4.69, 9.17) is 0 Å². The summed E-state index contributed by atoms with van der Waals surface area (Å²) in [7, 11) is -0.383. The average Bonchev–Trinajstić information content (AvgIpc) is 3.20. The largest absolute Gasteiger partial charge is 0.337 e. The van der Waals surface area contributed by atoms with Crippen LogP contribution in [0.25, 0.3) is 0 Å². The smallest absolute Gasteiger partial charge is 0.264 e. The SMILES string of the molecule is Cc1ccc(S(=O)(=O)N(C)c2ccc(C(=O)N(C)Cc3cccs3)cc2C)cc1. The molecule has 0 atom stereocenters. The molecule has 5 nitrogen and oxygen atoms in total. The highest BCUT2D eigenvalue weighted by molar-refractivity contribution is 7.92. The fourth-order valence-corrected chi connectivity index (χ4v) is 5.09. The monoisotopic (exact) mass is 428 g/mol. The van der Waals surface area contributed by atoms with Gasteiger partial charge in [0.05, 0.1) is 17.1 Å². The molecule has 0 bridgehead atoms. The van der Waals surface area contributed by atoms with Crippen molar-refractivity contribution in [3.05, 3.63) is 81.5 Å². The van der Waals surface area contributed by atoms with Gasteiger partial charge >= 0.3 is 0 Å². The Labute approximate surface area is 176 Å². The number of nitrogens with zero attached hydrogens (tertiary/aromatic N) is 2. The van der Waals surface area contributed by atoms with E-state index in [9.17, 15) is 13.2 Å². The molecule has 0 aliphatic rings. The number of carbonyl (C=O) groups is 1. The minimum Gasteiger partial charge on any atom is -0.337 e. The Morgan fingerprint density at radius 3 is 2.28 bits per heavy atom. The van der Waals surface area contributed by atoms with Crippen LogP contribution in [0.15, 0.2) is 64.9 Å². The second kappa shape index (κ2) is 8.39. The second-order valence-electron chi connectivity index (χ2n) is 7.03. The first-order chi connectivity index (χ1) is 13.7. The van der Waals surface area contributed by atoms with E-state index < -0.39 is 10.0 Å². The number of carbonyl (C=O) groups excluding carboxylic acids is 1. The molecule has 0 aliphatic heterocycles. The van der Waals surface area contributed by atoms with Crippen molar-refractivity contribution in [2.24, 2.45) is 0 Å². The van der Waals surface area contributed by atoms with Crippen LogP contribution in [-0.4, -0.2) is 33.3 Å². The summed E-state index contributed by atoms with van der Waals surface area (Å²) in [6.07, 6.45) is 0. The normalized spacial score (nSPS) is 11.3. The van der Waals surface area contributed by atoms with Crippen LogP contribution in [0.5, 0.6) is 0 Å². The number of anilines is 1. The average molecular weight is 429 g/mol. The van der Waals surface area contributed by atoms with E-state index in [0.29, 0.717) is 17.8 Å². The number of rotatable bonds is 6. The molecule has 2 aromatic carbocycles. The lowest BCUT2D eigenvalue weighted by molar-refractivity contribution is 0.0786. The molecule has 0 fully saturated rings. The zero-order chi connectivity index (χ0) is 21.2. The number of amides is 1. The molecule has 0 aliphatic carbocycles. The van der Waals surface area contributed by atoms with Crippen LogP contribution < -0.4 is 4.31 Å². The topological polar surface area (TPSA) is 57.7 Å². The molecule has 0 saturated heterocycles. The molecule has 0 radical (unpaired) electrons. The summed E-state index contributed by atoms with van der Waals surface area (Å²) in [5.74, 6) is -0.0999. The zero-order valence-electron chi connectivity index (χ0n) is 16.9. The van der Waals surface area contributed by atoms with E-state index in [-0.39, 0.29) is 10.8 Å². The van der Waals surface area contributed by atoms with Crippen LogP contribution in [0.2, 0.25) is 0 Å². The first-order valence-corrected chi connectivity index (χ1v) is 11.5. The predicted molar refractivity (Wildman–Crippen MR) is 118 cm³/mol. The Morgan fingerprint density at radius 1 is 1.00 bits per heavy atom. The first-order valence-electron chi connectivity index (χ1n) is 9.14. The van der Waals surface area contributed by atoms with E-state index in [1.54, 1.807) is 65.7 Å². The molecule has 1 aromatic heterocycles. The lowest BCUT2D eigenvalue weighted by atomic mass is 10.1. The molecule has 0 unspecified atom stereocenters. The summed E-state index contributed by atoms with van der Waals surface area (Å²) in [4.78, 5) is 15.8. The summed E-state index contributed by atoms with van der Waals surface area (Å²) >= 11 is 1.61. The minimum absolute atomic E-state index is 0.0999. The Morgan fingerprint density at radius 2 is 1.69 bits per heavy atom. The van der Waals surface area contributed by atoms with Crippen molar-refractivity contribution in [3.63, 3.8) is 0 Å². The molecule has 1 heterocycles. The van der Waals surface area contributed by atoms with E-state index in [0.717, 1.165) is 16.0 Å². The Kier molecular flexibility index (Phi) is 6.10. The van der Waals surface area contributed by atoms with Gasteiger partial charge in [-0.05, 0) is 61.2 Å². The number of hydrogen-bond donors (Lipinski definition) is 0. The number of hydrogen-bond acceptors (Lipinski definition) is 4. The van der Waals surface area contributed by atoms with Crippen molar-refractivity contribution in [2.45, 2.75) is 25.3 Å². The highest BCUT2D eigenvalue weighted by Crippen LogP contribution is 2.27. The highest BCUT2D eigenvalue weighted by Gasteiger charge is 2.23. The summed E-state index contributed by atoms with van der Waals surface area (Å²) in [5, 5.41) is 1.98. The van der Waals surface area contributed by atoms with Crippen molar-refractivity contribution in [3.8, 4) is 0 Å². The van der Waals surface area contributed by atoms with E-state index in [1.165, 1.54) is 11.4 Å². The zero-order valence-corrected chi connectivity index (χ0v) is 18.5. The van der Waals surface area contributed by atoms with Gasteiger partial charge in [-0.1, -0.05) is 23.8 Å². The maximum Gasteiger partial charge on any atom is 0.264 e. The molecular weight excluding hydrogens is 404 g/mol. The van der Waals surface area contributed by atoms with Crippen molar-refractivity contribution in [1.82, 2.24) is 4.90 Å². The second-order valence-corrected chi connectivity index (χ2v) is 10.0. The third kappa shape index (κ3) is 4.52. The van der Waals surface area contributed by atoms with Crippen molar-refractivity contribution < 1.29 is 13.2 Å². The molecule has 152 valence electrons. The van der Waals surface area contributed by atoms with Gasteiger partial charge in [0.2, 0.25) is 0 Å². The summed E-state index contributed by atoms with van der Waals surface area (Å²) < 4.78 is 27.2. The van der Waals surface area contributed by atoms with Gasteiger partial charge in [0.25, 0.3) is 15.9 Å². The van der Waals surface area contributed by atoms with Gasteiger partial charge < -0.3 is 4.90 Å². The van der Waals surface area contributed by atoms with Crippen LogP contribution in [0.3, 0.4) is 0 Å². The highest BCUT2D eigenvalue weighted by atomic mass is 32.2. The third-order valence-corrected chi connectivity index (χ3v) is 7.43. The van der Waals surface area contributed by atoms with Gasteiger partial charge in [-0.15, -0.1) is 11.3 Å². The van der Waals surface area contributed by atoms with Crippen LogP contribution in [-0.2, 0) is 16.6 Å². The molecule has 0 N–H and O–H groups in total. The van der Waals surface area contributed by atoms with Crippen LogP contribution in [0.1, 0.15) is 26.4 Å². The van der Waals surface area contributed by atoms with Crippen LogP contribution >= 0.6 is 11.3 Å². The standard InChI is InChI=1S/C22H24N2O3S2/c1-16-7-10-20(11-8-16)29(26,27)24(4)21-12-9-18(14-17(21)2)22(25)23(3)15-19-6-5-13-28-19/h5-14H,15H2,1-4H3. The lowest BCUT2D eigenvalue weighted by Crippen LogP contribution is -2.28. The molecule has 29 heavy (non-hydrogen) atoms. The third-order valence-electron chi connectivity index (χ3n) is 4.78. The van der Waals surface area contributed by atoms with Crippen molar-refractivity contribution in [1.29, 1.82) is 0 Å². The van der Waals surface area contributed by atoms with Gasteiger partial charge in [-0.25, -0.2) is 8.42 Å². The summed E-state index contributed by atoms with van der Waals surface area (Å²) in [6, 6.07) is 15.8. The van der Waals surface area contributed by atoms with E-state index in [1.807, 2.05) is 31.4 Å². The quantitative estimate of drug-likeness (QED) is 0.582. The predicted octanol–water partition coefficient (Wildman–Crippen LogP) is 4.46. The maximum absolute atomic E-state index is 13.0. The van der Waals surface area contributed by atoms with Gasteiger partial charge in [0.1, 0.15) is 0 Å². The van der Waals surface area contributed by atoms with E-state index >= 15 is 0 Å². The fourth-order valence-electron chi connectivity index (χ4n) is 3.07. The van der Waals surface area contributed by atoms with E-state index in [2.05, 4.69) is 0 Å². The van der Waals surface area contributed by atoms with Crippen molar-refractivity contribution in [2.75, 3.05) is 18.4 Å². The summed E-state index contributed by atoms with van der Waals surface area (Å²) in [6.45, 7) is 4.26. The first kappa shape index (κ1) is 21.1. The Bertz CT molecular complexity index is 1110. The lowest BCUT2D eigenvalue weighted by Gasteiger charge is -2.23. The molecular formula is C22H24N2O3S2. The van der Waals surface area contributed by atoms with Crippen LogP contribution in [0.4, 0.5) is 5.69 Å². The van der Waals surface area contributed by atoms with Gasteiger partial charge in [0, 0.05) is 24.5 Å². The molecule has 0 saturated carbocycles. The molecule has 1 amide bonds. The maximum atomic E-state index is 13.0. The molecule has 0 spiro atoms. The minimum atomic E-state index is -3.68. The van der Waals surface area contributed by atoms with Crippen molar-refractivity contribution >= 4 is 33.0 Å².